The maximum atomic E-state index is 5.41. The minimum atomic E-state index is 0.205. The Morgan fingerprint density at radius 2 is 2.19 bits per heavy atom. The van der Waals surface area contributed by atoms with Crippen LogP contribution in [-0.2, 0) is 4.74 Å². The van der Waals surface area contributed by atoms with Crippen molar-refractivity contribution in [2.24, 2.45) is 22.7 Å². The number of methoxy groups -OCH3 is 1. The van der Waals surface area contributed by atoms with Gasteiger partial charge in [-0.2, -0.15) is 0 Å². The summed E-state index contributed by atoms with van der Waals surface area (Å²) in [6.07, 6.45) is 2.71. The molecule has 0 aliphatic heterocycles. The molecule has 1 rings (SSSR count). The molecule has 16 heavy (non-hydrogen) atoms. The molecule has 0 heterocycles. The molecule has 0 amide bonds. The van der Waals surface area contributed by atoms with Crippen molar-refractivity contribution < 1.29 is 4.74 Å². The van der Waals surface area contributed by atoms with Gasteiger partial charge >= 0.3 is 0 Å². The Morgan fingerprint density at radius 1 is 1.50 bits per heavy atom. The summed E-state index contributed by atoms with van der Waals surface area (Å²) in [5.41, 5.74) is 2.59. The Morgan fingerprint density at radius 3 is 2.69 bits per heavy atom. The molecule has 5 heteroatoms. The highest BCUT2D eigenvalue weighted by Gasteiger charge is 2.27. The fourth-order valence-electron chi connectivity index (χ4n) is 1.71. The van der Waals surface area contributed by atoms with Crippen LogP contribution in [0.5, 0.6) is 0 Å². The standard InChI is InChI=1S/C11H24N4O/c1-8(10-4-5-10)6-13-11(15-12)14-9(2)7-16-3/h8-10H,4-7,12H2,1-3H3,(H2,13,14,15). The van der Waals surface area contributed by atoms with Crippen molar-refractivity contribution in [1.29, 1.82) is 0 Å². The predicted molar refractivity (Wildman–Crippen MR) is 66.0 cm³/mol. The first-order chi connectivity index (χ1) is 7.67. The number of hydrogen-bond acceptors (Lipinski definition) is 3. The van der Waals surface area contributed by atoms with Gasteiger partial charge in [0.1, 0.15) is 0 Å². The molecule has 0 saturated heterocycles. The van der Waals surface area contributed by atoms with Gasteiger partial charge in [-0.1, -0.05) is 6.92 Å². The second kappa shape index (κ2) is 6.70. The summed E-state index contributed by atoms with van der Waals surface area (Å²) >= 11 is 0. The third-order valence-electron chi connectivity index (χ3n) is 2.90. The highest BCUT2D eigenvalue weighted by Crippen LogP contribution is 2.36. The Labute approximate surface area is 97.8 Å². The molecule has 0 radical (unpaired) electrons. The van der Waals surface area contributed by atoms with Crippen molar-refractivity contribution in [2.45, 2.75) is 32.7 Å². The SMILES string of the molecule is COCC(C)NC(=NCC(C)C1CC1)NN. The molecule has 5 nitrogen and oxygen atoms in total. The Bertz CT molecular complexity index is 228. The molecule has 0 aromatic heterocycles. The minimum absolute atomic E-state index is 0.205. The van der Waals surface area contributed by atoms with E-state index in [1.807, 2.05) is 6.92 Å². The molecule has 0 bridgehead atoms. The van der Waals surface area contributed by atoms with Crippen LogP contribution in [0.2, 0.25) is 0 Å². The molecule has 1 aliphatic rings. The minimum Gasteiger partial charge on any atom is -0.383 e. The number of nitrogens with two attached hydrogens (primary N) is 1. The lowest BCUT2D eigenvalue weighted by Crippen LogP contribution is -2.47. The molecule has 1 saturated carbocycles. The third kappa shape index (κ3) is 4.81. The van der Waals surface area contributed by atoms with E-state index in [0.717, 1.165) is 12.5 Å². The molecule has 2 unspecified atom stereocenters. The lowest BCUT2D eigenvalue weighted by molar-refractivity contribution is 0.179. The lowest BCUT2D eigenvalue weighted by Gasteiger charge is -2.16. The van der Waals surface area contributed by atoms with Crippen LogP contribution in [0.25, 0.3) is 0 Å². The van der Waals surface area contributed by atoms with Gasteiger partial charge in [0.05, 0.1) is 6.61 Å². The molecular weight excluding hydrogens is 204 g/mol. The van der Waals surface area contributed by atoms with Gasteiger partial charge in [-0.05, 0) is 31.6 Å². The maximum absolute atomic E-state index is 5.41. The number of aliphatic imine (C=N–C) groups is 1. The first kappa shape index (κ1) is 13.3. The zero-order chi connectivity index (χ0) is 12.0. The Hall–Kier alpha value is -0.810. The van der Waals surface area contributed by atoms with Gasteiger partial charge < -0.3 is 10.1 Å². The van der Waals surface area contributed by atoms with E-state index in [2.05, 4.69) is 22.7 Å². The van der Waals surface area contributed by atoms with Crippen LogP contribution in [0.3, 0.4) is 0 Å². The van der Waals surface area contributed by atoms with E-state index in [1.54, 1.807) is 7.11 Å². The van der Waals surface area contributed by atoms with Gasteiger partial charge in [0, 0.05) is 19.7 Å². The average Bonchev–Trinajstić information content (AvgIpc) is 3.07. The largest absolute Gasteiger partial charge is 0.383 e. The fourth-order valence-corrected chi connectivity index (χ4v) is 1.71. The molecule has 4 N–H and O–H groups in total. The van der Waals surface area contributed by atoms with Crippen molar-refractivity contribution in [3.05, 3.63) is 0 Å². The van der Waals surface area contributed by atoms with Crippen LogP contribution in [0.15, 0.2) is 4.99 Å². The molecule has 2 atom stereocenters. The third-order valence-corrected chi connectivity index (χ3v) is 2.90. The van der Waals surface area contributed by atoms with Gasteiger partial charge in [-0.3, -0.25) is 10.4 Å². The van der Waals surface area contributed by atoms with E-state index < -0.39 is 0 Å². The first-order valence-electron chi connectivity index (χ1n) is 5.94. The maximum Gasteiger partial charge on any atom is 0.206 e. The van der Waals surface area contributed by atoms with Gasteiger partial charge in [-0.15, -0.1) is 0 Å². The van der Waals surface area contributed by atoms with Crippen LogP contribution in [-0.4, -0.2) is 32.3 Å². The summed E-state index contributed by atoms with van der Waals surface area (Å²) in [7, 11) is 1.68. The number of ether oxygens (including phenoxy) is 1. The van der Waals surface area contributed by atoms with Crippen molar-refractivity contribution in [3.63, 3.8) is 0 Å². The summed E-state index contributed by atoms with van der Waals surface area (Å²) < 4.78 is 5.04. The van der Waals surface area contributed by atoms with Crippen LogP contribution >= 0.6 is 0 Å². The average molecular weight is 228 g/mol. The topological polar surface area (TPSA) is 71.7 Å². The summed E-state index contributed by atoms with van der Waals surface area (Å²) in [6, 6.07) is 0.205. The zero-order valence-corrected chi connectivity index (χ0v) is 10.5. The molecule has 1 aliphatic carbocycles. The fraction of sp³-hybridized carbons (Fsp3) is 0.909. The lowest BCUT2D eigenvalue weighted by atomic mass is 10.1. The van der Waals surface area contributed by atoms with Gasteiger partial charge in [-0.25, -0.2) is 5.84 Å². The highest BCUT2D eigenvalue weighted by molar-refractivity contribution is 5.79. The molecular formula is C11H24N4O. The number of nitrogens with zero attached hydrogens (tertiary/aromatic N) is 1. The van der Waals surface area contributed by atoms with Crippen LogP contribution < -0.4 is 16.6 Å². The Kier molecular flexibility index (Phi) is 5.55. The quantitative estimate of drug-likeness (QED) is 0.267. The normalized spacial score (nSPS) is 20.4. The van der Waals surface area contributed by atoms with Gasteiger partial charge in [0.2, 0.25) is 5.96 Å². The summed E-state index contributed by atoms with van der Waals surface area (Å²) in [4.78, 5) is 4.44. The predicted octanol–water partition coefficient (Wildman–Crippen LogP) is 0.476. The number of rotatable bonds is 6. The molecule has 0 spiro atoms. The van der Waals surface area contributed by atoms with Crippen LogP contribution in [0, 0.1) is 11.8 Å². The van der Waals surface area contributed by atoms with Crippen molar-refractivity contribution in [3.8, 4) is 0 Å². The first-order valence-corrected chi connectivity index (χ1v) is 5.94. The number of guanidine groups is 1. The molecule has 0 aromatic rings. The van der Waals surface area contributed by atoms with E-state index >= 15 is 0 Å². The second-order valence-electron chi connectivity index (χ2n) is 4.65. The van der Waals surface area contributed by atoms with E-state index in [4.69, 9.17) is 10.6 Å². The summed E-state index contributed by atoms with van der Waals surface area (Å²) in [5, 5.41) is 3.17. The summed E-state index contributed by atoms with van der Waals surface area (Å²) in [6.45, 7) is 5.74. The van der Waals surface area contributed by atoms with E-state index in [-0.39, 0.29) is 6.04 Å². The highest BCUT2D eigenvalue weighted by atomic mass is 16.5. The van der Waals surface area contributed by atoms with Crippen molar-refractivity contribution in [2.75, 3.05) is 20.3 Å². The smallest absolute Gasteiger partial charge is 0.206 e. The van der Waals surface area contributed by atoms with Crippen LogP contribution in [0.4, 0.5) is 0 Å². The molecule has 1 fully saturated rings. The van der Waals surface area contributed by atoms with Crippen molar-refractivity contribution >= 4 is 5.96 Å². The number of hydrogen-bond donors (Lipinski definition) is 3. The van der Waals surface area contributed by atoms with Crippen LogP contribution in [0.1, 0.15) is 26.7 Å². The van der Waals surface area contributed by atoms with E-state index in [1.165, 1.54) is 12.8 Å². The van der Waals surface area contributed by atoms with Crippen molar-refractivity contribution in [1.82, 2.24) is 10.7 Å². The van der Waals surface area contributed by atoms with E-state index in [9.17, 15) is 0 Å². The van der Waals surface area contributed by atoms with Gasteiger partial charge in [0.25, 0.3) is 0 Å². The number of nitrogens with one attached hydrogen (secondary N) is 2. The molecule has 94 valence electrons. The number of hydrazine groups is 1. The van der Waals surface area contributed by atoms with E-state index in [0.29, 0.717) is 18.5 Å². The Balaban J connectivity index is 2.30. The second-order valence-corrected chi connectivity index (χ2v) is 4.65. The van der Waals surface area contributed by atoms with Gasteiger partial charge in [0.15, 0.2) is 0 Å². The zero-order valence-electron chi connectivity index (χ0n) is 10.5. The summed E-state index contributed by atoms with van der Waals surface area (Å²) in [5.74, 6) is 7.59. The monoisotopic (exact) mass is 228 g/mol. The molecule has 0 aromatic carbocycles.